The van der Waals surface area contributed by atoms with E-state index in [1.807, 2.05) is 0 Å². The van der Waals surface area contributed by atoms with Crippen LogP contribution in [-0.2, 0) is 10.8 Å². The Hall–Kier alpha value is -1.31. The van der Waals surface area contributed by atoms with E-state index in [1.54, 1.807) is 0 Å². The average molecular weight is 230 g/mol. The first kappa shape index (κ1) is 12.2. The standard InChI is InChI=1S/C15H22N2/c1-14(2,3)11-7-8-17-10-12(15(4,5)6)16-13(17)9-11/h7-10H,1-6H3. The lowest BCUT2D eigenvalue weighted by Crippen LogP contribution is -2.11. The van der Waals surface area contributed by atoms with Crippen LogP contribution < -0.4 is 0 Å². The maximum atomic E-state index is 4.72. The lowest BCUT2D eigenvalue weighted by atomic mass is 9.88. The van der Waals surface area contributed by atoms with Gasteiger partial charge < -0.3 is 4.40 Å². The average Bonchev–Trinajstić information content (AvgIpc) is 2.57. The first-order valence-corrected chi connectivity index (χ1v) is 6.18. The molecule has 0 saturated carbocycles. The summed E-state index contributed by atoms with van der Waals surface area (Å²) in [5, 5.41) is 0. The van der Waals surface area contributed by atoms with Crippen LogP contribution in [0.1, 0.15) is 52.8 Å². The second-order valence-corrected chi connectivity index (χ2v) is 6.81. The molecule has 2 rings (SSSR count). The van der Waals surface area contributed by atoms with E-state index >= 15 is 0 Å². The van der Waals surface area contributed by atoms with Crippen molar-refractivity contribution in [2.75, 3.05) is 0 Å². The second kappa shape index (κ2) is 3.59. The Kier molecular flexibility index (Phi) is 2.57. The number of imidazole rings is 1. The summed E-state index contributed by atoms with van der Waals surface area (Å²) in [5.74, 6) is 0. The molecule has 92 valence electrons. The molecule has 17 heavy (non-hydrogen) atoms. The summed E-state index contributed by atoms with van der Waals surface area (Å²) in [6.07, 6.45) is 4.24. The molecule has 0 atom stereocenters. The quantitative estimate of drug-likeness (QED) is 0.670. The summed E-state index contributed by atoms with van der Waals surface area (Å²) in [4.78, 5) is 4.72. The summed E-state index contributed by atoms with van der Waals surface area (Å²) in [5.41, 5.74) is 3.80. The molecule has 2 aromatic rings. The number of aromatic nitrogens is 2. The van der Waals surface area contributed by atoms with Gasteiger partial charge in [-0.05, 0) is 23.1 Å². The van der Waals surface area contributed by atoms with Crippen molar-refractivity contribution in [3.63, 3.8) is 0 Å². The van der Waals surface area contributed by atoms with Gasteiger partial charge in [-0.2, -0.15) is 0 Å². The van der Waals surface area contributed by atoms with Crippen LogP contribution in [0.5, 0.6) is 0 Å². The molecule has 0 saturated heterocycles. The van der Waals surface area contributed by atoms with Gasteiger partial charge in [0.25, 0.3) is 0 Å². The van der Waals surface area contributed by atoms with Crippen molar-refractivity contribution in [3.05, 3.63) is 35.8 Å². The fourth-order valence-electron chi connectivity index (χ4n) is 1.81. The Morgan fingerprint density at radius 2 is 1.65 bits per heavy atom. The SMILES string of the molecule is CC(C)(C)c1ccn2cc(C(C)(C)C)nc2c1. The van der Waals surface area contributed by atoms with Gasteiger partial charge in [0.1, 0.15) is 5.65 Å². The molecule has 2 heterocycles. The van der Waals surface area contributed by atoms with Crippen LogP contribution in [0.3, 0.4) is 0 Å². The predicted molar refractivity (Wildman–Crippen MR) is 72.6 cm³/mol. The number of pyridine rings is 1. The third kappa shape index (κ3) is 2.36. The highest BCUT2D eigenvalue weighted by Gasteiger charge is 2.19. The Bertz CT molecular complexity index is 524. The topological polar surface area (TPSA) is 17.3 Å². The van der Waals surface area contributed by atoms with Crippen LogP contribution in [0.25, 0.3) is 5.65 Å². The van der Waals surface area contributed by atoms with Crippen LogP contribution >= 0.6 is 0 Å². The molecular formula is C15H22N2. The van der Waals surface area contributed by atoms with E-state index in [-0.39, 0.29) is 10.8 Å². The minimum absolute atomic E-state index is 0.105. The molecule has 0 fully saturated rings. The second-order valence-electron chi connectivity index (χ2n) is 6.81. The molecule has 0 aliphatic rings. The normalized spacial score (nSPS) is 13.3. The van der Waals surface area contributed by atoms with Gasteiger partial charge in [-0.25, -0.2) is 4.98 Å². The van der Waals surface area contributed by atoms with Crippen LogP contribution in [0.4, 0.5) is 0 Å². The van der Waals surface area contributed by atoms with Gasteiger partial charge in [0.05, 0.1) is 5.69 Å². The number of rotatable bonds is 0. The van der Waals surface area contributed by atoms with Crippen molar-refractivity contribution in [2.24, 2.45) is 0 Å². The summed E-state index contributed by atoms with van der Waals surface area (Å²) in [7, 11) is 0. The van der Waals surface area contributed by atoms with Crippen LogP contribution in [0.15, 0.2) is 24.5 Å². The summed E-state index contributed by atoms with van der Waals surface area (Å²) in [6.45, 7) is 13.3. The van der Waals surface area contributed by atoms with E-state index in [4.69, 9.17) is 4.98 Å². The van der Waals surface area contributed by atoms with Crippen molar-refractivity contribution in [3.8, 4) is 0 Å². The number of hydrogen-bond donors (Lipinski definition) is 0. The van der Waals surface area contributed by atoms with Crippen molar-refractivity contribution < 1.29 is 0 Å². The molecule has 2 nitrogen and oxygen atoms in total. The third-order valence-electron chi connectivity index (χ3n) is 3.09. The fraction of sp³-hybridized carbons (Fsp3) is 0.533. The summed E-state index contributed by atoms with van der Waals surface area (Å²) < 4.78 is 2.11. The van der Waals surface area contributed by atoms with Gasteiger partial charge in [-0.3, -0.25) is 0 Å². The maximum absolute atomic E-state index is 4.72. The van der Waals surface area contributed by atoms with Crippen LogP contribution in [-0.4, -0.2) is 9.38 Å². The van der Waals surface area contributed by atoms with Gasteiger partial charge in [0.15, 0.2) is 0 Å². The molecule has 0 amide bonds. The van der Waals surface area contributed by atoms with E-state index in [9.17, 15) is 0 Å². The maximum Gasteiger partial charge on any atom is 0.137 e. The summed E-state index contributed by atoms with van der Waals surface area (Å²) >= 11 is 0. The van der Waals surface area contributed by atoms with E-state index in [0.29, 0.717) is 0 Å². The molecule has 0 radical (unpaired) electrons. The molecule has 2 aromatic heterocycles. The minimum Gasteiger partial charge on any atom is -0.307 e. The highest BCUT2D eigenvalue weighted by molar-refractivity contribution is 5.45. The summed E-state index contributed by atoms with van der Waals surface area (Å²) in [6, 6.07) is 4.37. The highest BCUT2D eigenvalue weighted by Crippen LogP contribution is 2.25. The Morgan fingerprint density at radius 3 is 2.18 bits per heavy atom. The molecule has 0 aliphatic heterocycles. The highest BCUT2D eigenvalue weighted by atomic mass is 15.0. The van der Waals surface area contributed by atoms with Gasteiger partial charge in [0, 0.05) is 17.8 Å². The zero-order valence-corrected chi connectivity index (χ0v) is 11.7. The van der Waals surface area contributed by atoms with Crippen molar-refractivity contribution in [2.45, 2.75) is 52.4 Å². The Morgan fingerprint density at radius 1 is 1.00 bits per heavy atom. The van der Waals surface area contributed by atoms with Crippen molar-refractivity contribution in [1.29, 1.82) is 0 Å². The predicted octanol–water partition coefficient (Wildman–Crippen LogP) is 3.93. The first-order chi connectivity index (χ1) is 7.68. The smallest absolute Gasteiger partial charge is 0.137 e. The van der Waals surface area contributed by atoms with Gasteiger partial charge in [-0.15, -0.1) is 0 Å². The molecule has 0 N–H and O–H groups in total. The molecule has 0 unspecified atom stereocenters. The van der Waals surface area contributed by atoms with Gasteiger partial charge in [-0.1, -0.05) is 41.5 Å². The lowest BCUT2D eigenvalue weighted by molar-refractivity contribution is 0.573. The van der Waals surface area contributed by atoms with E-state index in [1.165, 1.54) is 5.56 Å². The fourth-order valence-corrected chi connectivity index (χ4v) is 1.81. The third-order valence-corrected chi connectivity index (χ3v) is 3.09. The van der Waals surface area contributed by atoms with E-state index < -0.39 is 0 Å². The zero-order valence-electron chi connectivity index (χ0n) is 11.7. The monoisotopic (exact) mass is 230 g/mol. The van der Waals surface area contributed by atoms with Crippen molar-refractivity contribution in [1.82, 2.24) is 9.38 Å². The van der Waals surface area contributed by atoms with E-state index in [2.05, 4.69) is 70.5 Å². The van der Waals surface area contributed by atoms with E-state index in [0.717, 1.165) is 11.3 Å². The molecular weight excluding hydrogens is 208 g/mol. The molecule has 2 heteroatoms. The largest absolute Gasteiger partial charge is 0.307 e. The number of hydrogen-bond acceptors (Lipinski definition) is 1. The van der Waals surface area contributed by atoms with Gasteiger partial charge in [0.2, 0.25) is 0 Å². The zero-order chi connectivity index (χ0) is 12.8. The minimum atomic E-state index is 0.105. The van der Waals surface area contributed by atoms with Crippen LogP contribution in [0.2, 0.25) is 0 Å². The number of fused-ring (bicyclic) bond motifs is 1. The van der Waals surface area contributed by atoms with Gasteiger partial charge >= 0.3 is 0 Å². The molecule has 0 aliphatic carbocycles. The van der Waals surface area contributed by atoms with Crippen molar-refractivity contribution >= 4 is 5.65 Å². The van der Waals surface area contributed by atoms with Crippen LogP contribution in [0, 0.1) is 0 Å². The molecule has 0 aromatic carbocycles. The Balaban J connectivity index is 2.56. The first-order valence-electron chi connectivity index (χ1n) is 6.18. The lowest BCUT2D eigenvalue weighted by Gasteiger charge is -2.18. The number of nitrogens with zero attached hydrogens (tertiary/aromatic N) is 2. The molecule has 0 bridgehead atoms. The molecule has 0 spiro atoms. The Labute approximate surface area is 104 Å².